The van der Waals surface area contributed by atoms with Gasteiger partial charge in [-0.05, 0) is 38.0 Å². The maximum Gasteiger partial charge on any atom is 0.222 e. The molecule has 1 amide bonds. The van der Waals surface area contributed by atoms with Gasteiger partial charge in [0.15, 0.2) is 0 Å². The SMILES string of the molecule is CC(C)CCCCCCC(=O)N1CCN(C2CCC(C(=O)C(C)C)CC2)CC1. The highest BCUT2D eigenvalue weighted by Gasteiger charge is 2.32. The first-order chi connectivity index (χ1) is 13.4. The summed E-state index contributed by atoms with van der Waals surface area (Å²) in [6.07, 6.45) is 11.2. The highest BCUT2D eigenvalue weighted by Crippen LogP contribution is 2.30. The molecule has 2 aliphatic rings. The summed E-state index contributed by atoms with van der Waals surface area (Å²) in [5, 5.41) is 0. The summed E-state index contributed by atoms with van der Waals surface area (Å²) < 4.78 is 0. The predicted octanol–water partition coefficient (Wildman–Crippen LogP) is 4.91. The first-order valence-corrected chi connectivity index (χ1v) is 11.9. The fourth-order valence-corrected chi connectivity index (χ4v) is 4.87. The Kier molecular flexibility index (Phi) is 9.98. The molecule has 1 aliphatic heterocycles. The van der Waals surface area contributed by atoms with Crippen LogP contribution in [-0.4, -0.2) is 53.7 Å². The van der Waals surface area contributed by atoms with Gasteiger partial charge in [0.1, 0.15) is 5.78 Å². The van der Waals surface area contributed by atoms with E-state index in [9.17, 15) is 9.59 Å². The lowest BCUT2D eigenvalue weighted by Gasteiger charge is -2.42. The highest BCUT2D eigenvalue weighted by atomic mass is 16.2. The summed E-state index contributed by atoms with van der Waals surface area (Å²) in [7, 11) is 0. The van der Waals surface area contributed by atoms with Crippen molar-refractivity contribution in [3.05, 3.63) is 0 Å². The molecule has 4 heteroatoms. The Balaban J connectivity index is 1.60. The standard InChI is InChI=1S/C24H44N2O2/c1-19(2)9-7-5-6-8-10-23(27)26-17-15-25(16-18-26)22-13-11-21(12-14-22)24(28)20(3)4/h19-22H,5-18H2,1-4H3. The van der Waals surface area contributed by atoms with Gasteiger partial charge in [0.05, 0.1) is 0 Å². The van der Waals surface area contributed by atoms with Gasteiger partial charge in [-0.2, -0.15) is 0 Å². The number of nitrogens with zero attached hydrogens (tertiary/aromatic N) is 2. The molecule has 28 heavy (non-hydrogen) atoms. The molecule has 1 saturated carbocycles. The molecule has 162 valence electrons. The number of piperazine rings is 1. The largest absolute Gasteiger partial charge is 0.340 e. The monoisotopic (exact) mass is 392 g/mol. The van der Waals surface area contributed by atoms with Crippen LogP contribution in [0.25, 0.3) is 0 Å². The Hall–Kier alpha value is -0.900. The van der Waals surface area contributed by atoms with Crippen molar-refractivity contribution in [2.24, 2.45) is 17.8 Å². The second kappa shape index (κ2) is 11.9. The van der Waals surface area contributed by atoms with E-state index in [2.05, 4.69) is 23.6 Å². The van der Waals surface area contributed by atoms with E-state index in [-0.39, 0.29) is 5.92 Å². The maximum atomic E-state index is 12.5. The van der Waals surface area contributed by atoms with E-state index >= 15 is 0 Å². The van der Waals surface area contributed by atoms with Gasteiger partial charge in [-0.1, -0.05) is 53.4 Å². The molecular weight excluding hydrogens is 348 g/mol. The van der Waals surface area contributed by atoms with Gasteiger partial charge in [0.2, 0.25) is 5.91 Å². The molecule has 2 rings (SSSR count). The molecule has 0 atom stereocenters. The van der Waals surface area contributed by atoms with Crippen molar-refractivity contribution >= 4 is 11.7 Å². The third-order valence-electron chi connectivity index (χ3n) is 6.77. The van der Waals surface area contributed by atoms with E-state index in [0.29, 0.717) is 23.7 Å². The van der Waals surface area contributed by atoms with Gasteiger partial charge >= 0.3 is 0 Å². The molecule has 0 N–H and O–H groups in total. The minimum atomic E-state index is 0.173. The molecule has 0 unspecified atom stereocenters. The number of hydrogen-bond acceptors (Lipinski definition) is 3. The Morgan fingerprint density at radius 3 is 2.00 bits per heavy atom. The summed E-state index contributed by atoms with van der Waals surface area (Å²) in [6.45, 7) is 12.4. The molecule has 0 bridgehead atoms. The quantitative estimate of drug-likeness (QED) is 0.496. The summed E-state index contributed by atoms with van der Waals surface area (Å²) in [5.41, 5.74) is 0. The minimum absolute atomic E-state index is 0.173. The number of Topliss-reactive ketones (excluding diaryl/α,β-unsaturated/α-hetero) is 1. The first kappa shape index (κ1) is 23.4. The van der Waals surface area contributed by atoms with E-state index in [4.69, 9.17) is 0 Å². The van der Waals surface area contributed by atoms with Crippen molar-refractivity contribution in [1.82, 2.24) is 9.80 Å². The molecule has 0 aromatic rings. The Labute approximate surface area is 173 Å². The van der Waals surface area contributed by atoms with Crippen LogP contribution in [0.3, 0.4) is 0 Å². The minimum Gasteiger partial charge on any atom is -0.340 e. The van der Waals surface area contributed by atoms with E-state index in [1.54, 1.807) is 0 Å². The second-order valence-electron chi connectivity index (χ2n) is 9.83. The van der Waals surface area contributed by atoms with Crippen molar-refractivity contribution in [3.8, 4) is 0 Å². The number of amides is 1. The van der Waals surface area contributed by atoms with Gasteiger partial charge in [0.25, 0.3) is 0 Å². The fourth-order valence-electron chi connectivity index (χ4n) is 4.87. The zero-order valence-corrected chi connectivity index (χ0v) is 18.9. The van der Waals surface area contributed by atoms with E-state index < -0.39 is 0 Å². The Morgan fingerprint density at radius 1 is 0.821 bits per heavy atom. The molecule has 1 saturated heterocycles. The zero-order valence-electron chi connectivity index (χ0n) is 18.9. The number of carbonyl (C=O) groups is 2. The molecule has 0 aromatic heterocycles. The zero-order chi connectivity index (χ0) is 20.5. The van der Waals surface area contributed by atoms with Crippen molar-refractivity contribution in [2.75, 3.05) is 26.2 Å². The number of carbonyl (C=O) groups excluding carboxylic acids is 2. The van der Waals surface area contributed by atoms with Crippen LogP contribution in [0.1, 0.15) is 91.9 Å². The van der Waals surface area contributed by atoms with Crippen LogP contribution in [0.4, 0.5) is 0 Å². The second-order valence-corrected chi connectivity index (χ2v) is 9.83. The smallest absolute Gasteiger partial charge is 0.222 e. The van der Waals surface area contributed by atoms with E-state index in [1.165, 1.54) is 25.7 Å². The van der Waals surface area contributed by atoms with Crippen LogP contribution in [0.5, 0.6) is 0 Å². The number of ketones is 1. The van der Waals surface area contributed by atoms with Crippen molar-refractivity contribution in [3.63, 3.8) is 0 Å². The van der Waals surface area contributed by atoms with Crippen molar-refractivity contribution in [2.45, 2.75) is 97.9 Å². The third-order valence-corrected chi connectivity index (χ3v) is 6.77. The normalized spacial score (nSPS) is 24.1. The van der Waals surface area contributed by atoms with Crippen LogP contribution >= 0.6 is 0 Å². The van der Waals surface area contributed by atoms with Crippen LogP contribution in [0.2, 0.25) is 0 Å². The van der Waals surface area contributed by atoms with Crippen LogP contribution in [0.15, 0.2) is 0 Å². The van der Waals surface area contributed by atoms with Gasteiger partial charge in [-0.25, -0.2) is 0 Å². The van der Waals surface area contributed by atoms with E-state index in [1.807, 2.05) is 13.8 Å². The number of rotatable bonds is 10. The number of hydrogen-bond donors (Lipinski definition) is 0. The maximum absolute atomic E-state index is 12.5. The lowest BCUT2D eigenvalue weighted by atomic mass is 9.80. The summed E-state index contributed by atoms with van der Waals surface area (Å²) in [5.74, 6) is 2.07. The lowest BCUT2D eigenvalue weighted by Crippen LogP contribution is -2.52. The molecule has 1 aliphatic carbocycles. The third kappa shape index (κ3) is 7.50. The topological polar surface area (TPSA) is 40.6 Å². The molecular formula is C24H44N2O2. The number of unbranched alkanes of at least 4 members (excludes halogenated alkanes) is 3. The molecule has 4 nitrogen and oxygen atoms in total. The molecule has 0 aromatic carbocycles. The Bertz CT molecular complexity index is 473. The van der Waals surface area contributed by atoms with Gasteiger partial charge in [-0.15, -0.1) is 0 Å². The molecule has 2 fully saturated rings. The Morgan fingerprint density at radius 2 is 1.43 bits per heavy atom. The highest BCUT2D eigenvalue weighted by molar-refractivity contribution is 5.82. The fraction of sp³-hybridized carbons (Fsp3) is 0.917. The van der Waals surface area contributed by atoms with Gasteiger partial charge in [0, 0.05) is 50.5 Å². The average Bonchev–Trinajstić information content (AvgIpc) is 2.69. The van der Waals surface area contributed by atoms with Gasteiger partial charge in [-0.3, -0.25) is 14.5 Å². The van der Waals surface area contributed by atoms with Crippen molar-refractivity contribution in [1.29, 1.82) is 0 Å². The summed E-state index contributed by atoms with van der Waals surface area (Å²) in [4.78, 5) is 29.3. The lowest BCUT2D eigenvalue weighted by molar-refractivity contribution is -0.134. The van der Waals surface area contributed by atoms with E-state index in [0.717, 1.165) is 70.6 Å². The first-order valence-electron chi connectivity index (χ1n) is 11.9. The van der Waals surface area contributed by atoms with Crippen LogP contribution < -0.4 is 0 Å². The molecule has 1 heterocycles. The van der Waals surface area contributed by atoms with Crippen LogP contribution in [-0.2, 0) is 9.59 Å². The van der Waals surface area contributed by atoms with Crippen molar-refractivity contribution < 1.29 is 9.59 Å². The summed E-state index contributed by atoms with van der Waals surface area (Å²) >= 11 is 0. The predicted molar refractivity (Wildman–Crippen MR) is 116 cm³/mol. The summed E-state index contributed by atoms with van der Waals surface area (Å²) in [6, 6.07) is 0.620. The average molecular weight is 393 g/mol. The molecule has 0 spiro atoms. The van der Waals surface area contributed by atoms with Crippen LogP contribution in [0, 0.1) is 17.8 Å². The molecule has 0 radical (unpaired) electrons. The van der Waals surface area contributed by atoms with Gasteiger partial charge < -0.3 is 4.90 Å².